The highest BCUT2D eigenvalue weighted by molar-refractivity contribution is 6.02. The van der Waals surface area contributed by atoms with Crippen molar-refractivity contribution in [2.45, 2.75) is 12.5 Å². The molecule has 2 heterocycles. The lowest BCUT2D eigenvalue weighted by Gasteiger charge is -2.21. The highest BCUT2D eigenvalue weighted by Crippen LogP contribution is 2.34. The van der Waals surface area contributed by atoms with E-state index in [4.69, 9.17) is 10.5 Å². The fourth-order valence-electron chi connectivity index (χ4n) is 1.47. The first-order chi connectivity index (χ1) is 7.05. The number of aromatic nitrogens is 1. The van der Waals surface area contributed by atoms with Crippen LogP contribution in [-0.2, 0) is 15.1 Å². The van der Waals surface area contributed by atoms with E-state index in [1.54, 1.807) is 24.4 Å². The minimum absolute atomic E-state index is 0.256. The van der Waals surface area contributed by atoms with Crippen LogP contribution in [0.2, 0.25) is 0 Å². The number of Topliss-reactive ketones (excluding diaryl/α,β-unsaturated/α-hetero) is 1. The SMILES string of the molecule is CC1(c2ccccn2)OC(N)=C(O)C1=O. The maximum absolute atomic E-state index is 11.7. The summed E-state index contributed by atoms with van der Waals surface area (Å²) in [7, 11) is 0. The monoisotopic (exact) mass is 206 g/mol. The Kier molecular flexibility index (Phi) is 1.89. The second kappa shape index (κ2) is 2.98. The molecule has 0 aliphatic carbocycles. The van der Waals surface area contributed by atoms with Gasteiger partial charge in [0.1, 0.15) is 0 Å². The van der Waals surface area contributed by atoms with Gasteiger partial charge in [-0.1, -0.05) is 6.07 Å². The summed E-state index contributed by atoms with van der Waals surface area (Å²) in [6, 6.07) is 5.10. The zero-order chi connectivity index (χ0) is 11.1. The topological polar surface area (TPSA) is 85.4 Å². The fraction of sp³-hybridized carbons (Fsp3) is 0.200. The number of pyridine rings is 1. The summed E-state index contributed by atoms with van der Waals surface area (Å²) >= 11 is 0. The average molecular weight is 206 g/mol. The lowest BCUT2D eigenvalue weighted by atomic mass is 9.96. The van der Waals surface area contributed by atoms with Crippen LogP contribution < -0.4 is 5.73 Å². The van der Waals surface area contributed by atoms with E-state index in [1.807, 2.05) is 0 Å². The largest absolute Gasteiger partial charge is 0.501 e. The maximum Gasteiger partial charge on any atom is 0.252 e. The molecule has 1 aliphatic heterocycles. The van der Waals surface area contributed by atoms with Gasteiger partial charge in [0.2, 0.25) is 17.2 Å². The van der Waals surface area contributed by atoms with Gasteiger partial charge in [0.15, 0.2) is 0 Å². The van der Waals surface area contributed by atoms with Crippen LogP contribution in [0.15, 0.2) is 36.0 Å². The first kappa shape index (κ1) is 9.51. The van der Waals surface area contributed by atoms with Crippen molar-refractivity contribution >= 4 is 5.78 Å². The number of aliphatic hydroxyl groups is 1. The molecule has 15 heavy (non-hydrogen) atoms. The molecule has 0 saturated carbocycles. The number of hydrogen-bond acceptors (Lipinski definition) is 5. The predicted octanol–water partition coefficient (Wildman–Crippen LogP) is 0.582. The number of hydrogen-bond donors (Lipinski definition) is 2. The van der Waals surface area contributed by atoms with Crippen LogP contribution in [-0.4, -0.2) is 15.9 Å². The Bertz CT molecular complexity index is 441. The molecule has 3 N–H and O–H groups in total. The quantitative estimate of drug-likeness (QED) is 0.702. The molecule has 1 aromatic heterocycles. The highest BCUT2D eigenvalue weighted by Gasteiger charge is 2.48. The molecule has 1 unspecified atom stereocenters. The normalized spacial score (nSPS) is 25.5. The van der Waals surface area contributed by atoms with Crippen molar-refractivity contribution in [3.8, 4) is 0 Å². The van der Waals surface area contributed by atoms with Crippen molar-refractivity contribution in [1.82, 2.24) is 4.98 Å². The van der Waals surface area contributed by atoms with E-state index >= 15 is 0 Å². The van der Waals surface area contributed by atoms with Crippen molar-refractivity contribution in [2.75, 3.05) is 0 Å². The zero-order valence-corrected chi connectivity index (χ0v) is 8.10. The molecule has 78 valence electrons. The third kappa shape index (κ3) is 1.24. The number of rotatable bonds is 1. The molecule has 1 aliphatic rings. The van der Waals surface area contributed by atoms with Gasteiger partial charge in [0, 0.05) is 6.20 Å². The number of ketones is 1. The van der Waals surface area contributed by atoms with E-state index in [0.717, 1.165) is 0 Å². The Balaban J connectivity index is 2.45. The summed E-state index contributed by atoms with van der Waals surface area (Å²) in [5.41, 5.74) is 4.45. The van der Waals surface area contributed by atoms with Gasteiger partial charge < -0.3 is 15.6 Å². The van der Waals surface area contributed by atoms with Crippen LogP contribution in [0.1, 0.15) is 12.6 Å². The van der Waals surface area contributed by atoms with E-state index in [9.17, 15) is 9.90 Å². The molecule has 0 aromatic carbocycles. The Morgan fingerprint density at radius 1 is 1.53 bits per heavy atom. The molecular formula is C10H10N2O3. The van der Waals surface area contributed by atoms with Gasteiger partial charge >= 0.3 is 0 Å². The Morgan fingerprint density at radius 3 is 2.73 bits per heavy atom. The fourth-order valence-corrected chi connectivity index (χ4v) is 1.47. The van der Waals surface area contributed by atoms with Crippen molar-refractivity contribution in [3.63, 3.8) is 0 Å². The average Bonchev–Trinajstić information content (AvgIpc) is 2.45. The highest BCUT2D eigenvalue weighted by atomic mass is 16.5. The van der Waals surface area contributed by atoms with E-state index < -0.39 is 17.1 Å². The summed E-state index contributed by atoms with van der Waals surface area (Å²) in [4.78, 5) is 15.7. The molecular weight excluding hydrogens is 196 g/mol. The van der Waals surface area contributed by atoms with Gasteiger partial charge in [0.25, 0.3) is 5.78 Å². The Hall–Kier alpha value is -2.04. The molecule has 0 spiro atoms. The second-order valence-electron chi connectivity index (χ2n) is 3.39. The number of carbonyl (C=O) groups is 1. The molecule has 0 fully saturated rings. The van der Waals surface area contributed by atoms with Gasteiger partial charge in [0.05, 0.1) is 5.69 Å². The smallest absolute Gasteiger partial charge is 0.252 e. The third-order valence-electron chi connectivity index (χ3n) is 2.35. The Morgan fingerprint density at radius 2 is 2.27 bits per heavy atom. The van der Waals surface area contributed by atoms with E-state index in [1.165, 1.54) is 6.92 Å². The molecule has 0 amide bonds. The van der Waals surface area contributed by atoms with E-state index in [2.05, 4.69) is 4.98 Å². The molecule has 5 heteroatoms. The van der Waals surface area contributed by atoms with Crippen LogP contribution in [0.25, 0.3) is 0 Å². The standard InChI is InChI=1S/C10H10N2O3/c1-10(6-4-2-3-5-12-6)8(14)7(13)9(11)15-10/h2-5,13H,11H2,1H3. The Labute approximate surface area is 86.2 Å². The zero-order valence-electron chi connectivity index (χ0n) is 8.10. The number of carbonyl (C=O) groups excluding carboxylic acids is 1. The van der Waals surface area contributed by atoms with Crippen molar-refractivity contribution in [3.05, 3.63) is 41.7 Å². The van der Waals surface area contributed by atoms with Crippen molar-refractivity contribution < 1.29 is 14.6 Å². The van der Waals surface area contributed by atoms with Crippen LogP contribution in [0.5, 0.6) is 0 Å². The summed E-state index contributed by atoms with van der Waals surface area (Å²) < 4.78 is 5.15. The molecule has 0 bridgehead atoms. The van der Waals surface area contributed by atoms with Gasteiger partial charge in [-0.25, -0.2) is 0 Å². The first-order valence-electron chi connectivity index (χ1n) is 4.40. The van der Waals surface area contributed by atoms with Crippen molar-refractivity contribution in [1.29, 1.82) is 0 Å². The van der Waals surface area contributed by atoms with E-state index in [-0.39, 0.29) is 5.88 Å². The number of ether oxygens (including phenoxy) is 1. The molecule has 5 nitrogen and oxygen atoms in total. The molecule has 2 rings (SSSR count). The summed E-state index contributed by atoms with van der Waals surface area (Å²) in [5.74, 6) is -1.37. The third-order valence-corrected chi connectivity index (χ3v) is 2.35. The number of nitrogens with zero attached hydrogens (tertiary/aromatic N) is 1. The molecule has 1 atom stereocenters. The minimum Gasteiger partial charge on any atom is -0.501 e. The molecule has 1 aromatic rings. The van der Waals surface area contributed by atoms with Crippen LogP contribution in [0, 0.1) is 0 Å². The molecule has 0 saturated heterocycles. The summed E-state index contributed by atoms with van der Waals surface area (Å²) in [6.07, 6.45) is 1.54. The van der Waals surface area contributed by atoms with Crippen LogP contribution in [0.4, 0.5) is 0 Å². The summed E-state index contributed by atoms with van der Waals surface area (Å²) in [5, 5.41) is 9.32. The summed E-state index contributed by atoms with van der Waals surface area (Å²) in [6.45, 7) is 1.52. The lowest BCUT2D eigenvalue weighted by Crippen LogP contribution is -2.32. The number of nitrogens with two attached hydrogens (primary N) is 1. The maximum atomic E-state index is 11.7. The predicted molar refractivity (Wildman–Crippen MR) is 51.5 cm³/mol. The first-order valence-corrected chi connectivity index (χ1v) is 4.40. The van der Waals surface area contributed by atoms with Gasteiger partial charge in [-0.2, -0.15) is 0 Å². The number of aliphatic hydroxyl groups excluding tert-OH is 1. The minimum atomic E-state index is -1.31. The van der Waals surface area contributed by atoms with Gasteiger partial charge in [-0.3, -0.25) is 9.78 Å². The van der Waals surface area contributed by atoms with Gasteiger partial charge in [-0.15, -0.1) is 0 Å². The molecule has 0 radical (unpaired) electrons. The van der Waals surface area contributed by atoms with Crippen molar-refractivity contribution in [2.24, 2.45) is 5.73 Å². The van der Waals surface area contributed by atoms with Crippen LogP contribution >= 0.6 is 0 Å². The van der Waals surface area contributed by atoms with Gasteiger partial charge in [-0.05, 0) is 19.1 Å². The van der Waals surface area contributed by atoms with Crippen LogP contribution in [0.3, 0.4) is 0 Å². The second-order valence-corrected chi connectivity index (χ2v) is 3.39. The lowest BCUT2D eigenvalue weighted by molar-refractivity contribution is -0.131. The van der Waals surface area contributed by atoms with E-state index in [0.29, 0.717) is 5.69 Å².